The number of aromatic nitrogens is 2. The number of methoxy groups -OCH3 is 1. The van der Waals surface area contributed by atoms with Crippen LogP contribution in [0.25, 0.3) is 22.2 Å². The third-order valence-corrected chi connectivity index (χ3v) is 14.0. The fourth-order valence-electron chi connectivity index (χ4n) is 9.95. The van der Waals surface area contributed by atoms with Crippen molar-refractivity contribution in [3.63, 3.8) is 0 Å². The summed E-state index contributed by atoms with van der Waals surface area (Å²) in [6.45, 7) is 1.83. The van der Waals surface area contributed by atoms with E-state index in [4.69, 9.17) is 4.74 Å². The minimum atomic E-state index is -3.98. The highest BCUT2D eigenvalue weighted by Gasteiger charge is 2.64. The number of ether oxygens (including phenoxy) is 1. The zero-order valence-corrected chi connectivity index (χ0v) is 30.9. The van der Waals surface area contributed by atoms with Crippen LogP contribution in [0.1, 0.15) is 84.7 Å². The molecule has 4 fully saturated rings. The zero-order valence-electron chi connectivity index (χ0n) is 30.0. The summed E-state index contributed by atoms with van der Waals surface area (Å²) in [6, 6.07) is 18.4. The van der Waals surface area contributed by atoms with Gasteiger partial charge in [0.25, 0.3) is 5.91 Å². The lowest BCUT2D eigenvalue weighted by molar-refractivity contribution is -0.138. The quantitative estimate of drug-likeness (QED) is 0.262. The van der Waals surface area contributed by atoms with E-state index in [1.807, 2.05) is 36.5 Å². The van der Waals surface area contributed by atoms with Crippen molar-refractivity contribution in [1.82, 2.24) is 23.5 Å². The van der Waals surface area contributed by atoms with Gasteiger partial charge in [-0.2, -0.15) is 12.7 Å². The van der Waals surface area contributed by atoms with E-state index < -0.39 is 21.5 Å². The van der Waals surface area contributed by atoms with Crippen LogP contribution in [0.5, 0.6) is 5.75 Å². The molecule has 272 valence electrons. The molecule has 4 atom stereocenters. The fourth-order valence-corrected chi connectivity index (χ4v) is 10.5. The first kappa shape index (κ1) is 33.4. The molecule has 5 heterocycles. The SMILES string of the molecule is COc1ccc2c(c1)C1CC1(C(=O)N1CC3CCC(C1)N3c1ccccn1)Cn1c-2c(C2CCCCC2)c2ccc(C(=O)NS(=O)(=O)N(C)C)cc21. The van der Waals surface area contributed by atoms with Gasteiger partial charge in [0.1, 0.15) is 11.6 Å². The van der Waals surface area contributed by atoms with Crippen LogP contribution in [0, 0.1) is 5.41 Å². The molecule has 4 unspecified atom stereocenters. The molecule has 11 nitrogen and oxygen atoms in total. The number of nitrogens with one attached hydrogen (secondary N) is 1. The molecular weight excluding hydrogens is 677 g/mol. The average Bonchev–Trinajstić information content (AvgIpc) is 3.74. The third-order valence-electron chi connectivity index (χ3n) is 12.6. The van der Waals surface area contributed by atoms with Gasteiger partial charge in [-0.25, -0.2) is 9.71 Å². The molecular formula is C40H46N6O5S. The molecule has 2 amide bonds. The van der Waals surface area contributed by atoms with Crippen molar-refractivity contribution in [2.24, 2.45) is 5.41 Å². The molecule has 1 N–H and O–H groups in total. The Morgan fingerprint density at radius 2 is 1.73 bits per heavy atom. The van der Waals surface area contributed by atoms with Gasteiger partial charge < -0.3 is 19.1 Å². The van der Waals surface area contributed by atoms with Crippen LogP contribution in [0.2, 0.25) is 0 Å². The number of benzene rings is 2. The number of piperazine rings is 1. The van der Waals surface area contributed by atoms with Crippen molar-refractivity contribution in [1.29, 1.82) is 0 Å². The van der Waals surface area contributed by atoms with Gasteiger partial charge in [0.05, 0.1) is 18.2 Å². The maximum absolute atomic E-state index is 15.2. The second kappa shape index (κ2) is 12.3. The molecule has 52 heavy (non-hydrogen) atoms. The summed E-state index contributed by atoms with van der Waals surface area (Å²) in [5.41, 5.74) is 5.15. The van der Waals surface area contributed by atoms with E-state index in [9.17, 15) is 13.2 Å². The summed E-state index contributed by atoms with van der Waals surface area (Å²) in [5.74, 6) is 1.65. The van der Waals surface area contributed by atoms with Gasteiger partial charge in [-0.05, 0) is 91.6 Å². The van der Waals surface area contributed by atoms with E-state index in [1.54, 1.807) is 13.2 Å². The van der Waals surface area contributed by atoms with Gasteiger partial charge in [0.15, 0.2) is 0 Å². The van der Waals surface area contributed by atoms with E-state index in [0.29, 0.717) is 25.6 Å². The number of pyridine rings is 1. The van der Waals surface area contributed by atoms with Crippen molar-refractivity contribution in [2.75, 3.05) is 39.2 Å². The number of hydrogen-bond acceptors (Lipinski definition) is 7. The highest BCUT2D eigenvalue weighted by atomic mass is 32.2. The third kappa shape index (κ3) is 5.23. The molecule has 0 spiro atoms. The molecule has 0 radical (unpaired) electrons. The lowest BCUT2D eigenvalue weighted by atomic mass is 9.81. The van der Waals surface area contributed by atoms with Gasteiger partial charge in [0.2, 0.25) is 5.91 Å². The fraction of sp³-hybridized carbons (Fsp3) is 0.475. The second-order valence-corrected chi connectivity index (χ2v) is 17.6. The maximum atomic E-state index is 15.2. The lowest BCUT2D eigenvalue weighted by Gasteiger charge is -2.43. The number of rotatable bonds is 7. The van der Waals surface area contributed by atoms with Gasteiger partial charge in [-0.3, -0.25) is 9.59 Å². The summed E-state index contributed by atoms with van der Waals surface area (Å²) in [6.07, 6.45) is 10.3. The molecule has 2 bridgehead atoms. The molecule has 2 saturated heterocycles. The van der Waals surface area contributed by atoms with Crippen molar-refractivity contribution in [3.8, 4) is 17.0 Å². The number of likely N-dealkylation sites (tertiary alicyclic amines) is 1. The number of nitrogens with zero attached hydrogens (tertiary/aromatic N) is 5. The first-order valence-electron chi connectivity index (χ1n) is 18.7. The Balaban J connectivity index is 1.17. The van der Waals surface area contributed by atoms with Crippen molar-refractivity contribution >= 4 is 38.7 Å². The predicted octanol–water partition coefficient (Wildman–Crippen LogP) is 5.66. The number of carbonyl (C=O) groups is 2. The maximum Gasteiger partial charge on any atom is 0.303 e. The van der Waals surface area contributed by atoms with E-state index in [-0.39, 0.29) is 29.5 Å². The van der Waals surface area contributed by atoms with Gasteiger partial charge >= 0.3 is 10.2 Å². The number of amides is 2. The molecule has 2 aliphatic carbocycles. The summed E-state index contributed by atoms with van der Waals surface area (Å²) in [5, 5.41) is 1.07. The standard InChI is InChI=1S/C40H46N6O5S/c1-43(2)52(49,50)42-38(47)26-12-16-31-34(19-26)45-24-40(39(48)44-22-27-13-14-28(23-44)46(27)35-11-7-8-18-41-35)21-33(40)32-20-29(51-3)15-17-30(32)37(45)36(31)25-9-5-4-6-10-25/h7-8,11-12,15-20,25,27-28,33H,4-6,9-10,13-14,21-24H2,1-3H3,(H,42,47). The van der Waals surface area contributed by atoms with E-state index in [0.717, 1.165) is 88.5 Å². The first-order chi connectivity index (χ1) is 25.1. The van der Waals surface area contributed by atoms with E-state index >= 15 is 4.79 Å². The Bertz CT molecular complexity index is 2180. The topological polar surface area (TPSA) is 117 Å². The van der Waals surface area contributed by atoms with Crippen LogP contribution in [-0.2, 0) is 21.5 Å². The number of carbonyl (C=O) groups excluding carboxylic acids is 2. The number of fused-ring (bicyclic) bond motifs is 9. The number of hydrogen-bond donors (Lipinski definition) is 1. The Morgan fingerprint density at radius 1 is 0.962 bits per heavy atom. The van der Waals surface area contributed by atoms with Gasteiger partial charge in [-0.15, -0.1) is 0 Å². The molecule has 4 aromatic rings. The van der Waals surface area contributed by atoms with Crippen LogP contribution in [-0.4, -0.2) is 85.4 Å². The molecule has 9 rings (SSSR count). The molecule has 3 aliphatic heterocycles. The van der Waals surface area contributed by atoms with Crippen molar-refractivity contribution < 1.29 is 22.7 Å². The van der Waals surface area contributed by atoms with Crippen LogP contribution in [0.3, 0.4) is 0 Å². The summed E-state index contributed by atoms with van der Waals surface area (Å²) >= 11 is 0. The van der Waals surface area contributed by atoms with Crippen LogP contribution in [0.15, 0.2) is 60.8 Å². The first-order valence-corrected chi connectivity index (χ1v) is 20.1. The molecule has 2 aromatic heterocycles. The molecule has 5 aliphatic rings. The highest BCUT2D eigenvalue weighted by Crippen LogP contribution is 2.66. The van der Waals surface area contributed by atoms with E-state index in [1.165, 1.54) is 26.1 Å². The Morgan fingerprint density at radius 3 is 2.42 bits per heavy atom. The Kier molecular flexibility index (Phi) is 7.93. The largest absolute Gasteiger partial charge is 0.497 e. The molecule has 2 saturated carbocycles. The monoisotopic (exact) mass is 722 g/mol. The van der Waals surface area contributed by atoms with Crippen LogP contribution >= 0.6 is 0 Å². The highest BCUT2D eigenvalue weighted by molar-refractivity contribution is 7.87. The van der Waals surface area contributed by atoms with Crippen LogP contribution in [0.4, 0.5) is 5.82 Å². The van der Waals surface area contributed by atoms with E-state index in [2.05, 4.69) is 42.3 Å². The number of anilines is 1. The normalized spacial score (nSPS) is 25.3. The predicted molar refractivity (Wildman–Crippen MR) is 200 cm³/mol. The average molecular weight is 723 g/mol. The van der Waals surface area contributed by atoms with Gasteiger partial charge in [-0.1, -0.05) is 31.4 Å². The lowest BCUT2D eigenvalue weighted by Crippen LogP contribution is -2.57. The summed E-state index contributed by atoms with van der Waals surface area (Å²) < 4.78 is 36.6. The zero-order chi connectivity index (χ0) is 35.9. The molecule has 12 heteroatoms. The smallest absolute Gasteiger partial charge is 0.303 e. The van der Waals surface area contributed by atoms with Gasteiger partial charge in [0, 0.05) is 80.0 Å². The summed E-state index contributed by atoms with van der Waals surface area (Å²) in [7, 11) is 0.484. The summed E-state index contributed by atoms with van der Waals surface area (Å²) in [4.78, 5) is 37.8. The van der Waals surface area contributed by atoms with Crippen molar-refractivity contribution in [2.45, 2.75) is 81.8 Å². The minimum Gasteiger partial charge on any atom is -0.497 e. The second-order valence-electron chi connectivity index (χ2n) is 15.7. The van der Waals surface area contributed by atoms with Crippen LogP contribution < -0.4 is 14.4 Å². The Hall–Kier alpha value is -4.42. The minimum absolute atomic E-state index is 0.0300. The Labute approximate surface area is 305 Å². The molecule has 2 aromatic carbocycles. The van der Waals surface area contributed by atoms with Crippen molar-refractivity contribution in [3.05, 3.63) is 77.5 Å².